The van der Waals surface area contributed by atoms with Crippen molar-refractivity contribution in [2.24, 2.45) is 5.41 Å². The molecule has 6 heteroatoms. The maximum atomic E-state index is 12.6. The Bertz CT molecular complexity index is 553. The Morgan fingerprint density at radius 2 is 1.95 bits per heavy atom. The molecule has 1 aromatic heterocycles. The Hall–Kier alpha value is -0.430. The van der Waals surface area contributed by atoms with Crippen LogP contribution in [0.15, 0.2) is 16.3 Å². The zero-order valence-corrected chi connectivity index (χ0v) is 13.9. The number of aliphatic hydroxyl groups is 1. The van der Waals surface area contributed by atoms with Crippen molar-refractivity contribution in [3.63, 3.8) is 0 Å². The normalized spacial score (nSPS) is 20.4. The summed E-state index contributed by atoms with van der Waals surface area (Å²) in [6.45, 7) is 4.37. The number of hydrogen-bond acceptors (Lipinski definition) is 4. The predicted octanol–water partition coefficient (Wildman–Crippen LogP) is 2.83. The van der Waals surface area contributed by atoms with E-state index in [2.05, 4.69) is 13.8 Å². The summed E-state index contributed by atoms with van der Waals surface area (Å²) < 4.78 is 27.0. The highest BCUT2D eigenvalue weighted by Crippen LogP contribution is 2.38. The summed E-state index contributed by atoms with van der Waals surface area (Å²) >= 11 is 1.15. The fourth-order valence-electron chi connectivity index (χ4n) is 2.67. The molecule has 0 saturated heterocycles. The van der Waals surface area contributed by atoms with Gasteiger partial charge in [0.1, 0.15) is 4.21 Å². The molecular formula is C14H23NO3S2. The van der Waals surface area contributed by atoms with Crippen LogP contribution in [0.1, 0.15) is 44.4 Å². The monoisotopic (exact) mass is 317 g/mol. The lowest BCUT2D eigenvalue weighted by Gasteiger charge is -2.37. The smallest absolute Gasteiger partial charge is 0.252 e. The van der Waals surface area contributed by atoms with Crippen molar-refractivity contribution in [3.05, 3.63) is 17.0 Å². The first kappa shape index (κ1) is 15.9. The number of thiophene rings is 1. The number of rotatable bonds is 4. The number of hydrogen-bond donors (Lipinski definition) is 1. The first-order valence-electron chi connectivity index (χ1n) is 6.94. The molecule has 2 rings (SSSR count). The molecule has 1 fully saturated rings. The van der Waals surface area contributed by atoms with Gasteiger partial charge in [-0.2, -0.15) is 4.31 Å². The third-order valence-corrected chi connectivity index (χ3v) is 7.70. The Balaban J connectivity index is 2.13. The van der Waals surface area contributed by atoms with E-state index < -0.39 is 10.0 Å². The lowest BCUT2D eigenvalue weighted by molar-refractivity contribution is 0.174. The van der Waals surface area contributed by atoms with Crippen LogP contribution in [-0.2, 0) is 16.6 Å². The number of nitrogens with zero attached hydrogens (tertiary/aromatic N) is 1. The minimum Gasteiger partial charge on any atom is -0.391 e. The minimum atomic E-state index is -3.42. The van der Waals surface area contributed by atoms with E-state index in [1.54, 1.807) is 19.2 Å². The van der Waals surface area contributed by atoms with E-state index in [0.717, 1.165) is 37.0 Å². The number of aliphatic hydroxyl groups excluding tert-OH is 1. The molecule has 0 radical (unpaired) electrons. The zero-order valence-electron chi connectivity index (χ0n) is 12.3. The average molecular weight is 317 g/mol. The summed E-state index contributed by atoms with van der Waals surface area (Å²) in [6, 6.07) is 3.36. The Labute approximate surface area is 125 Å². The molecule has 20 heavy (non-hydrogen) atoms. The van der Waals surface area contributed by atoms with E-state index >= 15 is 0 Å². The quantitative estimate of drug-likeness (QED) is 0.929. The fraction of sp³-hybridized carbons (Fsp3) is 0.714. The van der Waals surface area contributed by atoms with Gasteiger partial charge in [0.25, 0.3) is 10.0 Å². The van der Waals surface area contributed by atoms with Crippen LogP contribution in [-0.4, -0.2) is 30.9 Å². The second kappa shape index (κ2) is 5.75. The highest BCUT2D eigenvalue weighted by Gasteiger charge is 2.34. The van der Waals surface area contributed by atoms with Crippen LogP contribution < -0.4 is 0 Å². The largest absolute Gasteiger partial charge is 0.391 e. The van der Waals surface area contributed by atoms with Crippen molar-refractivity contribution in [3.8, 4) is 0 Å². The van der Waals surface area contributed by atoms with Gasteiger partial charge in [-0.25, -0.2) is 8.42 Å². The first-order chi connectivity index (χ1) is 9.26. The van der Waals surface area contributed by atoms with Gasteiger partial charge in [0.2, 0.25) is 0 Å². The highest BCUT2D eigenvalue weighted by atomic mass is 32.2. The molecule has 1 heterocycles. The van der Waals surface area contributed by atoms with Crippen molar-refractivity contribution < 1.29 is 13.5 Å². The van der Waals surface area contributed by atoms with Crippen LogP contribution in [0.5, 0.6) is 0 Å². The Morgan fingerprint density at radius 1 is 1.35 bits per heavy atom. The lowest BCUT2D eigenvalue weighted by atomic mass is 9.76. The molecule has 0 aromatic carbocycles. The predicted molar refractivity (Wildman–Crippen MR) is 81.2 cm³/mol. The Kier molecular flexibility index (Phi) is 4.59. The third kappa shape index (κ3) is 3.24. The molecule has 0 aliphatic heterocycles. The van der Waals surface area contributed by atoms with E-state index in [9.17, 15) is 8.42 Å². The molecule has 0 unspecified atom stereocenters. The van der Waals surface area contributed by atoms with Gasteiger partial charge in [-0.3, -0.25) is 0 Å². The van der Waals surface area contributed by atoms with Crippen LogP contribution in [0.2, 0.25) is 0 Å². The van der Waals surface area contributed by atoms with Gasteiger partial charge in [-0.15, -0.1) is 11.3 Å². The third-order valence-electron chi connectivity index (χ3n) is 4.25. The van der Waals surface area contributed by atoms with Crippen molar-refractivity contribution >= 4 is 21.4 Å². The summed E-state index contributed by atoms with van der Waals surface area (Å²) in [6.07, 6.45) is 3.95. The summed E-state index contributed by atoms with van der Waals surface area (Å²) in [5, 5.41) is 9.06. The van der Waals surface area contributed by atoms with Crippen molar-refractivity contribution in [1.29, 1.82) is 0 Å². The zero-order chi connectivity index (χ0) is 15.0. The molecular weight excluding hydrogens is 294 g/mol. The van der Waals surface area contributed by atoms with Gasteiger partial charge in [0.15, 0.2) is 0 Å². The summed E-state index contributed by atoms with van der Waals surface area (Å²) in [5.41, 5.74) is 0.327. The van der Waals surface area contributed by atoms with Gasteiger partial charge in [-0.1, -0.05) is 13.8 Å². The lowest BCUT2D eigenvalue weighted by Crippen LogP contribution is -2.40. The molecule has 0 bridgehead atoms. The van der Waals surface area contributed by atoms with E-state index in [-0.39, 0.29) is 12.6 Å². The van der Waals surface area contributed by atoms with E-state index in [1.165, 1.54) is 4.31 Å². The van der Waals surface area contributed by atoms with Gasteiger partial charge >= 0.3 is 0 Å². The van der Waals surface area contributed by atoms with E-state index in [0.29, 0.717) is 14.5 Å². The summed E-state index contributed by atoms with van der Waals surface area (Å²) in [4.78, 5) is 0.682. The van der Waals surface area contributed by atoms with Crippen LogP contribution in [0.4, 0.5) is 0 Å². The summed E-state index contributed by atoms with van der Waals surface area (Å²) in [7, 11) is -1.75. The molecule has 1 aliphatic carbocycles. The second-order valence-electron chi connectivity index (χ2n) is 6.30. The maximum absolute atomic E-state index is 12.6. The van der Waals surface area contributed by atoms with Gasteiger partial charge in [0.05, 0.1) is 6.61 Å². The molecule has 1 aliphatic rings. The minimum absolute atomic E-state index is 0.0905. The van der Waals surface area contributed by atoms with Gasteiger partial charge in [0, 0.05) is 18.0 Å². The molecule has 1 N–H and O–H groups in total. The van der Waals surface area contributed by atoms with Crippen molar-refractivity contribution in [1.82, 2.24) is 4.31 Å². The second-order valence-corrected chi connectivity index (χ2v) is 9.69. The molecule has 1 aromatic rings. The van der Waals surface area contributed by atoms with Crippen molar-refractivity contribution in [2.45, 2.75) is 56.4 Å². The van der Waals surface area contributed by atoms with E-state index in [4.69, 9.17) is 5.11 Å². The molecule has 0 spiro atoms. The van der Waals surface area contributed by atoms with Crippen molar-refractivity contribution in [2.75, 3.05) is 7.05 Å². The maximum Gasteiger partial charge on any atom is 0.252 e. The average Bonchev–Trinajstić information content (AvgIpc) is 2.87. The van der Waals surface area contributed by atoms with Crippen LogP contribution in [0.3, 0.4) is 0 Å². The molecule has 4 nitrogen and oxygen atoms in total. The Morgan fingerprint density at radius 3 is 2.45 bits per heavy atom. The molecule has 1 saturated carbocycles. The standard InChI is InChI=1S/C14H23NO3S2/c1-14(2)8-6-11(7-9-14)15(3)20(17,18)13-5-4-12(10-16)19-13/h4-5,11,16H,6-10H2,1-3H3. The first-order valence-corrected chi connectivity index (χ1v) is 9.19. The highest BCUT2D eigenvalue weighted by molar-refractivity contribution is 7.91. The molecule has 0 amide bonds. The van der Waals surface area contributed by atoms with Gasteiger partial charge < -0.3 is 5.11 Å². The van der Waals surface area contributed by atoms with Gasteiger partial charge in [-0.05, 0) is 43.2 Å². The summed E-state index contributed by atoms with van der Waals surface area (Å²) in [5.74, 6) is 0. The molecule has 0 atom stereocenters. The van der Waals surface area contributed by atoms with E-state index in [1.807, 2.05) is 0 Å². The SMILES string of the molecule is CN(C1CCC(C)(C)CC1)S(=O)(=O)c1ccc(CO)s1. The number of sulfonamides is 1. The molecule has 114 valence electrons. The van der Waals surface area contributed by atoms with Crippen LogP contribution in [0.25, 0.3) is 0 Å². The topological polar surface area (TPSA) is 57.6 Å². The fourth-order valence-corrected chi connectivity index (χ4v) is 5.49. The van der Waals surface area contributed by atoms with Crippen LogP contribution in [0, 0.1) is 5.41 Å². The van der Waals surface area contributed by atoms with Crippen LogP contribution >= 0.6 is 11.3 Å².